The van der Waals surface area contributed by atoms with Crippen LogP contribution in [0.5, 0.6) is 5.75 Å². The zero-order valence-corrected chi connectivity index (χ0v) is 16.0. The monoisotopic (exact) mass is 403 g/mol. The number of rotatable bonds is 5. The van der Waals surface area contributed by atoms with Crippen molar-refractivity contribution in [2.24, 2.45) is 0 Å². The lowest BCUT2D eigenvalue weighted by Crippen LogP contribution is -2.48. The number of sulfonamides is 1. The molecular formula is C19H19N2O6S-. The van der Waals surface area contributed by atoms with Gasteiger partial charge in [-0.1, -0.05) is 11.8 Å². The van der Waals surface area contributed by atoms with Gasteiger partial charge in [-0.25, -0.2) is 13.2 Å². The Hall–Kier alpha value is -2.91. The van der Waals surface area contributed by atoms with Gasteiger partial charge < -0.3 is 15.1 Å². The summed E-state index contributed by atoms with van der Waals surface area (Å²) >= 11 is 0. The maximum absolute atomic E-state index is 12.8. The highest BCUT2D eigenvalue weighted by Gasteiger charge is 2.29. The van der Waals surface area contributed by atoms with Crippen molar-refractivity contribution in [3.05, 3.63) is 53.6 Å². The molecule has 0 atom stereocenters. The number of nitrogens with zero attached hydrogens (tertiary/aromatic N) is 2. The molecule has 2 aromatic carbocycles. The molecule has 0 aromatic heterocycles. The summed E-state index contributed by atoms with van der Waals surface area (Å²) in [4.78, 5) is 24.3. The molecule has 1 saturated heterocycles. The highest BCUT2D eigenvalue weighted by atomic mass is 32.2. The molecule has 0 bridgehead atoms. The van der Waals surface area contributed by atoms with Crippen LogP contribution >= 0.6 is 0 Å². The van der Waals surface area contributed by atoms with Gasteiger partial charge >= 0.3 is 5.97 Å². The van der Waals surface area contributed by atoms with Crippen molar-refractivity contribution in [2.45, 2.75) is 11.8 Å². The fraction of sp³-hybridized carbons (Fsp3) is 0.263. The summed E-state index contributed by atoms with van der Waals surface area (Å²) in [7, 11) is -3.90. The zero-order chi connectivity index (χ0) is 20.5. The Morgan fingerprint density at radius 2 is 1.61 bits per heavy atom. The van der Waals surface area contributed by atoms with Crippen molar-refractivity contribution in [3.63, 3.8) is 0 Å². The van der Waals surface area contributed by atoms with E-state index < -0.39 is 27.3 Å². The summed E-state index contributed by atoms with van der Waals surface area (Å²) in [5.41, 5.74) is 0.942. The molecule has 0 spiro atoms. The van der Waals surface area contributed by atoms with Gasteiger partial charge in [-0.3, -0.25) is 4.79 Å². The second-order valence-corrected chi connectivity index (χ2v) is 8.40. The molecule has 3 rings (SSSR count). The van der Waals surface area contributed by atoms with E-state index in [9.17, 15) is 23.1 Å². The molecule has 0 radical (unpaired) electrons. The van der Waals surface area contributed by atoms with Gasteiger partial charge in [-0.2, -0.15) is 4.31 Å². The van der Waals surface area contributed by atoms with Gasteiger partial charge in [0.05, 0.1) is 10.5 Å². The molecule has 8 nitrogen and oxygen atoms in total. The van der Waals surface area contributed by atoms with E-state index in [1.165, 1.54) is 11.2 Å². The Balaban J connectivity index is 1.74. The van der Waals surface area contributed by atoms with Crippen molar-refractivity contribution in [2.75, 3.05) is 31.1 Å². The lowest BCUT2D eigenvalue weighted by Gasteiger charge is -2.35. The molecule has 1 aliphatic heterocycles. The fourth-order valence-electron chi connectivity index (χ4n) is 3.08. The first-order valence-corrected chi connectivity index (χ1v) is 10.0. The fourth-order valence-corrected chi connectivity index (χ4v) is 4.53. The summed E-state index contributed by atoms with van der Waals surface area (Å²) < 4.78 is 26.9. The predicted molar refractivity (Wildman–Crippen MR) is 100 cm³/mol. The third-order valence-electron chi connectivity index (χ3n) is 4.70. The SMILES string of the molecule is CC(=O)c1ccc(N2CCN(S(=O)(=O)c3ccc([O-])c(C(=O)O)c3)CC2)cc1. The first-order valence-electron chi connectivity index (χ1n) is 8.60. The van der Waals surface area contributed by atoms with Crippen molar-refractivity contribution in [1.82, 2.24) is 4.31 Å². The molecule has 28 heavy (non-hydrogen) atoms. The molecule has 0 saturated carbocycles. The zero-order valence-electron chi connectivity index (χ0n) is 15.2. The van der Waals surface area contributed by atoms with Crippen LogP contribution < -0.4 is 10.0 Å². The molecular weight excluding hydrogens is 384 g/mol. The number of piperazine rings is 1. The van der Waals surface area contributed by atoms with E-state index in [0.29, 0.717) is 18.7 Å². The van der Waals surface area contributed by atoms with E-state index in [2.05, 4.69) is 0 Å². The molecule has 148 valence electrons. The second kappa shape index (κ2) is 7.61. The van der Waals surface area contributed by atoms with Crippen molar-refractivity contribution < 1.29 is 28.2 Å². The van der Waals surface area contributed by atoms with Crippen molar-refractivity contribution in [1.29, 1.82) is 0 Å². The Morgan fingerprint density at radius 3 is 2.14 bits per heavy atom. The van der Waals surface area contributed by atoms with Gasteiger partial charge in [0.1, 0.15) is 0 Å². The van der Waals surface area contributed by atoms with Crippen LogP contribution in [0.4, 0.5) is 5.69 Å². The summed E-state index contributed by atoms with van der Waals surface area (Å²) in [6.45, 7) is 2.83. The predicted octanol–water partition coefficient (Wildman–Crippen LogP) is 1.17. The number of hydrogen-bond acceptors (Lipinski definition) is 6. The van der Waals surface area contributed by atoms with Gasteiger partial charge in [0, 0.05) is 37.4 Å². The number of carbonyl (C=O) groups excluding carboxylic acids is 1. The first-order chi connectivity index (χ1) is 13.2. The number of aromatic carboxylic acids is 1. The Morgan fingerprint density at radius 1 is 1.00 bits per heavy atom. The summed E-state index contributed by atoms with van der Waals surface area (Å²) in [5, 5.41) is 20.6. The van der Waals surface area contributed by atoms with Crippen LogP contribution in [0.3, 0.4) is 0 Å². The number of benzene rings is 2. The molecule has 2 aromatic rings. The van der Waals surface area contributed by atoms with Crippen molar-refractivity contribution >= 4 is 27.5 Å². The number of carbonyl (C=O) groups is 2. The Labute approximate surface area is 162 Å². The molecule has 1 aliphatic rings. The van der Waals surface area contributed by atoms with Crippen LogP contribution in [-0.4, -0.2) is 55.8 Å². The number of anilines is 1. The number of carboxylic acid groups (broad SMARTS) is 1. The molecule has 1 heterocycles. The van der Waals surface area contributed by atoms with Gasteiger partial charge in [0.2, 0.25) is 10.0 Å². The lowest BCUT2D eigenvalue weighted by molar-refractivity contribution is -0.268. The Bertz CT molecular complexity index is 1010. The maximum atomic E-state index is 12.8. The van der Waals surface area contributed by atoms with E-state index in [0.717, 1.165) is 23.9 Å². The van der Waals surface area contributed by atoms with E-state index in [1.54, 1.807) is 12.1 Å². The van der Waals surface area contributed by atoms with Gasteiger partial charge in [-0.15, -0.1) is 0 Å². The smallest absolute Gasteiger partial charge is 0.335 e. The molecule has 0 unspecified atom stereocenters. The summed E-state index contributed by atoms with van der Waals surface area (Å²) in [6, 6.07) is 10.1. The van der Waals surface area contributed by atoms with Gasteiger partial charge in [0.25, 0.3) is 0 Å². The molecule has 1 N–H and O–H groups in total. The maximum Gasteiger partial charge on any atom is 0.335 e. The first kappa shape index (κ1) is 19.8. The van der Waals surface area contributed by atoms with E-state index in [-0.39, 0.29) is 23.8 Å². The average Bonchev–Trinajstić information content (AvgIpc) is 2.68. The lowest BCUT2D eigenvalue weighted by atomic mass is 10.1. The van der Waals surface area contributed by atoms with Gasteiger partial charge in [0.15, 0.2) is 5.78 Å². The third kappa shape index (κ3) is 3.85. The molecule has 0 aliphatic carbocycles. The minimum atomic E-state index is -3.90. The molecule has 9 heteroatoms. The standard InChI is InChI=1S/C19H20N2O6S/c1-13(22)14-2-4-15(5-3-14)20-8-10-21(11-9-20)28(26,27)16-6-7-18(23)17(12-16)19(24)25/h2-7,12,23H,8-11H2,1H3,(H,24,25)/p-1. The average molecular weight is 403 g/mol. The van der Waals surface area contributed by atoms with E-state index in [4.69, 9.17) is 5.11 Å². The quantitative estimate of drug-likeness (QED) is 0.745. The van der Waals surface area contributed by atoms with Crippen LogP contribution in [0.25, 0.3) is 0 Å². The minimum Gasteiger partial charge on any atom is -0.872 e. The largest absolute Gasteiger partial charge is 0.872 e. The van der Waals surface area contributed by atoms with E-state index in [1.807, 2.05) is 17.0 Å². The van der Waals surface area contributed by atoms with Crippen molar-refractivity contribution in [3.8, 4) is 5.75 Å². The minimum absolute atomic E-state index is 0.0210. The third-order valence-corrected chi connectivity index (χ3v) is 6.59. The Kier molecular flexibility index (Phi) is 5.39. The number of ketones is 1. The molecule has 1 fully saturated rings. The topological polar surface area (TPSA) is 118 Å². The number of Topliss-reactive ketones (excluding diaryl/α,β-unsaturated/α-hetero) is 1. The summed E-state index contributed by atoms with van der Waals surface area (Å²) in [6.07, 6.45) is 0. The van der Waals surface area contributed by atoms with Crippen LogP contribution in [-0.2, 0) is 10.0 Å². The van der Waals surface area contributed by atoms with Crippen LogP contribution in [0.1, 0.15) is 27.6 Å². The van der Waals surface area contributed by atoms with Gasteiger partial charge in [-0.05, 0) is 43.3 Å². The van der Waals surface area contributed by atoms with Crippen LogP contribution in [0.15, 0.2) is 47.4 Å². The second-order valence-electron chi connectivity index (χ2n) is 6.46. The normalized spacial score (nSPS) is 15.4. The summed E-state index contributed by atoms with van der Waals surface area (Å²) in [5.74, 6) is -2.21. The number of hydrogen-bond donors (Lipinski definition) is 1. The highest BCUT2D eigenvalue weighted by molar-refractivity contribution is 7.89. The highest BCUT2D eigenvalue weighted by Crippen LogP contribution is 2.24. The molecule has 0 amide bonds. The van der Waals surface area contributed by atoms with Crippen LogP contribution in [0.2, 0.25) is 0 Å². The van der Waals surface area contributed by atoms with Crippen LogP contribution in [0, 0.1) is 0 Å². The number of carboxylic acids is 1. The van der Waals surface area contributed by atoms with E-state index >= 15 is 0 Å².